The second-order valence-electron chi connectivity index (χ2n) is 1.21. The van der Waals surface area contributed by atoms with E-state index in [2.05, 4.69) is 17.2 Å². The van der Waals surface area contributed by atoms with Gasteiger partial charge in [-0.15, -0.1) is 0 Å². The van der Waals surface area contributed by atoms with E-state index < -0.39 is 0 Å². The number of carbonyl (C=O) groups is 3. The Hall–Kier alpha value is 6.38. The van der Waals surface area contributed by atoms with Crippen LogP contribution >= 0.6 is 59.2 Å². The van der Waals surface area contributed by atoms with E-state index in [1.165, 1.54) is 0 Å². The third-order valence-electron chi connectivity index (χ3n) is 0.289. The number of hydrogen-bond donors (Lipinski definition) is 3. The van der Waals surface area contributed by atoms with E-state index in [0.29, 0.717) is 18.9 Å². The quantitative estimate of drug-likeness (QED) is 0.198. The third kappa shape index (κ3) is 178. The smallest absolute Gasteiger partial charge is 1.00 e. The average molecular weight is 508 g/mol. The monoisotopic (exact) mass is 507 g/mol. The van der Waals surface area contributed by atoms with Gasteiger partial charge in [0.1, 0.15) is 18.9 Å². The summed E-state index contributed by atoms with van der Waals surface area (Å²) in [5.41, 5.74) is 14.0. The van der Waals surface area contributed by atoms with Gasteiger partial charge < -0.3 is 35.9 Å². The molecule has 0 aliphatic heterocycles. The van der Waals surface area contributed by atoms with Crippen molar-refractivity contribution in [1.29, 1.82) is 3.84 Å². The van der Waals surface area contributed by atoms with Gasteiger partial charge in [0.05, 0.1) is 3.84 Å². The summed E-state index contributed by atoms with van der Waals surface area (Å²) in [4.78, 5) is 27.1. The minimum atomic E-state index is 0. The second-order valence-corrected chi connectivity index (χ2v) is 1.21. The van der Waals surface area contributed by atoms with Gasteiger partial charge in [-0.05, 0) is 0 Å². The molecule has 0 radical (unpaired) electrons. The molecule has 6 atom stereocenters. The molecule has 0 fully saturated rings. The van der Waals surface area contributed by atoms with Crippen molar-refractivity contribution >= 4 is 78.1 Å². The van der Waals surface area contributed by atoms with Crippen molar-refractivity contribution in [3.63, 3.8) is 0 Å². The number of aldehydes is 3. The first kappa shape index (κ1) is 56.4. The summed E-state index contributed by atoms with van der Waals surface area (Å²) in [7, 11) is 5.00. The Balaban J connectivity index is -0.00000000472. The molecular formula is C6H36K3N3O3P6. The first-order chi connectivity index (χ1) is 8.74. The molecule has 0 amide bonds. The van der Waals surface area contributed by atoms with Crippen LogP contribution in [0, 0.1) is 0 Å². The Labute approximate surface area is 285 Å². The molecule has 0 aliphatic rings. The van der Waals surface area contributed by atoms with Crippen molar-refractivity contribution in [1.82, 2.24) is 0 Å². The molecule has 6 unspecified atom stereocenters. The fourth-order valence-electron chi connectivity index (χ4n) is 0. The Bertz CT molecular complexity index is 129. The maximum Gasteiger partial charge on any atom is 1.00 e. The third-order valence-corrected chi connectivity index (χ3v) is 0.289. The molecule has 0 saturated heterocycles. The van der Waals surface area contributed by atoms with Gasteiger partial charge in [0, 0.05) is 19.6 Å². The topological polar surface area (TPSA) is 129 Å². The maximum absolute atomic E-state index is 9.05. The molecule has 0 aromatic heterocycles. The molecule has 0 rings (SSSR count). The van der Waals surface area contributed by atoms with Crippen molar-refractivity contribution < 1.29 is 173 Å². The van der Waals surface area contributed by atoms with Crippen LogP contribution in [0.2, 0.25) is 0 Å². The molecule has 0 aromatic rings. The number of hydrogen-bond acceptors (Lipinski definition) is 6. The zero-order valence-corrected chi connectivity index (χ0v) is 30.7. The molecule has 0 bridgehead atoms. The van der Waals surface area contributed by atoms with Crippen molar-refractivity contribution in [2.75, 3.05) is 19.6 Å². The zero-order valence-electron chi connectivity index (χ0n) is 19.7. The van der Waals surface area contributed by atoms with Crippen molar-refractivity contribution in [2.24, 2.45) is 17.2 Å². The minimum Gasteiger partial charge on any atom is -1.00 e. The van der Waals surface area contributed by atoms with Crippen molar-refractivity contribution in [3.8, 4) is 0 Å². The van der Waals surface area contributed by atoms with Crippen LogP contribution in [0.5, 0.6) is 0 Å². The molecule has 126 valence electrons. The fourth-order valence-corrected chi connectivity index (χ4v) is 0. The molecule has 0 saturated carbocycles. The Morgan fingerprint density at radius 2 is 0.667 bits per heavy atom. The van der Waals surface area contributed by atoms with Crippen LogP contribution < -0.4 is 171 Å². The molecule has 0 heterocycles. The van der Waals surface area contributed by atoms with Crippen LogP contribution in [0.1, 0.15) is 4.28 Å². The van der Waals surface area contributed by atoms with Gasteiger partial charge in [0.25, 0.3) is 0 Å². The molecule has 6 N–H and O–H groups in total. The Morgan fingerprint density at radius 1 is 0.619 bits per heavy atom. The molecule has 0 spiro atoms. The van der Waals surface area contributed by atoms with Gasteiger partial charge in [0.2, 0.25) is 0 Å². The molecule has 0 aliphatic carbocycles. The van der Waals surface area contributed by atoms with Crippen LogP contribution in [-0.4, -0.2) is 42.3 Å². The first-order valence-electron chi connectivity index (χ1n) is 4.89. The summed E-state index contributed by atoms with van der Waals surface area (Å²) >= 11 is 0. The number of carbonyl (C=O) groups excluding carboxylic acids is 3. The van der Waals surface area contributed by atoms with E-state index >= 15 is 0 Å². The predicted octanol–water partition coefficient (Wildman–Crippen LogP) is -10.9. The summed E-state index contributed by atoms with van der Waals surface area (Å²) < 4.78 is 17.0. The Morgan fingerprint density at radius 3 is 0.667 bits per heavy atom. The minimum absolute atomic E-state index is 0. The molecule has 0 aromatic carbocycles. The van der Waals surface area contributed by atoms with Gasteiger partial charge in [-0.1, -0.05) is 0 Å². The molecular weight excluding hydrogens is 465 g/mol. The first-order valence-corrected chi connectivity index (χ1v) is 3.16. The summed E-state index contributed by atoms with van der Waals surface area (Å²) in [6, 6.07) is 0. The summed E-state index contributed by atoms with van der Waals surface area (Å²) in [6.45, 7) is 0.417. The van der Waals surface area contributed by atoms with E-state index in [0.717, 1.165) is 0 Å². The zero-order chi connectivity index (χ0) is 16.2. The number of nitrogens with two attached hydrogens (primary N) is 3. The van der Waals surface area contributed by atoms with E-state index in [1.807, 2.05) is 0 Å². The van der Waals surface area contributed by atoms with Crippen LogP contribution in [0.15, 0.2) is 0 Å². The number of rotatable bonds is 3. The van der Waals surface area contributed by atoms with Crippen LogP contribution in [0.3, 0.4) is 0 Å². The van der Waals surface area contributed by atoms with Crippen LogP contribution in [0.25, 0.3) is 0 Å². The average Bonchev–Trinajstić information content (AvgIpc) is 2.53. The SMILES string of the molecule is NCC=O.NCC=O.NCC=O.P.P.P.[3H]P.[3H]P.[3H]P.[H-].[H-].[H-].[K+].[K+].[K+]. The van der Waals surface area contributed by atoms with Gasteiger partial charge in [-0.3, -0.25) is 0 Å². The predicted molar refractivity (Wildman–Crippen MR) is 115 cm³/mol. The molecule has 6 nitrogen and oxygen atoms in total. The van der Waals surface area contributed by atoms with Gasteiger partial charge in [0.15, 0.2) is 0 Å². The van der Waals surface area contributed by atoms with Crippen LogP contribution in [0.4, 0.5) is 0 Å². The summed E-state index contributed by atoms with van der Waals surface area (Å²) in [6.07, 6.45) is 1.96. The van der Waals surface area contributed by atoms with Gasteiger partial charge in [-0.2, -0.15) is 59.2 Å². The van der Waals surface area contributed by atoms with E-state index in [9.17, 15) is 0 Å². The normalized spacial score (nSPS) is 4.57. The molecule has 15 heteroatoms. The van der Waals surface area contributed by atoms with Crippen molar-refractivity contribution in [2.45, 2.75) is 0 Å². The molecule has 21 heavy (non-hydrogen) atoms. The van der Waals surface area contributed by atoms with Crippen LogP contribution in [-0.2, 0) is 14.4 Å². The van der Waals surface area contributed by atoms with E-state index in [4.69, 9.17) is 18.2 Å². The summed E-state index contributed by atoms with van der Waals surface area (Å²) in [5, 5.41) is 0. The van der Waals surface area contributed by atoms with Crippen molar-refractivity contribution in [3.05, 3.63) is 0 Å². The summed E-state index contributed by atoms with van der Waals surface area (Å²) in [5.74, 6) is 0. The van der Waals surface area contributed by atoms with Gasteiger partial charge in [-0.25, -0.2) is 0 Å². The van der Waals surface area contributed by atoms with E-state index in [-0.39, 0.29) is 208 Å². The van der Waals surface area contributed by atoms with Gasteiger partial charge >= 0.3 is 154 Å². The maximum atomic E-state index is 9.05. The van der Waals surface area contributed by atoms with E-state index in [1.54, 1.807) is 29.5 Å². The largest absolute Gasteiger partial charge is 1.00 e. The second kappa shape index (κ2) is 111. The standard InChI is InChI=1S/3C2H5NO.3K.6H3P.3H/c3*3-1-2-4;;;;;;;;;;;;/h3*2H,1,3H2;;;;6*1H3;;;/q;;;3*+1;;;;;;;3*-1/i;;;;;;3*1T;;;;;;. The fraction of sp³-hybridized carbons (Fsp3) is 0.500. The Kier molecular flexibility index (Phi) is 298.